The maximum absolute atomic E-state index is 15.1. The first-order valence-electron chi connectivity index (χ1n) is 15.6. The van der Waals surface area contributed by atoms with Crippen molar-refractivity contribution >= 4 is 35.5 Å². The minimum atomic E-state index is -0.778. The maximum Gasteiger partial charge on any atom is 0.174 e. The van der Waals surface area contributed by atoms with Crippen LogP contribution in [0.3, 0.4) is 0 Å². The summed E-state index contributed by atoms with van der Waals surface area (Å²) >= 11 is 0. The fraction of sp³-hybridized carbons (Fsp3) is 0.0930. The fourth-order valence-corrected chi connectivity index (χ4v) is 9.34. The molecule has 1 aliphatic rings. The van der Waals surface area contributed by atoms with Gasteiger partial charge in [-0.25, -0.2) is 0 Å². The molecule has 7 rings (SSSR count). The van der Waals surface area contributed by atoms with Crippen LogP contribution in [-0.2, 0) is 16.4 Å². The summed E-state index contributed by atoms with van der Waals surface area (Å²) < 4.78 is 0. The Hall–Kier alpha value is -4.84. The monoisotopic (exact) mass is 598 g/mol. The number of benzene rings is 6. The number of Topliss-reactive ketones (excluding diaryl/α,β-unsaturated/α-hetero) is 1. The highest BCUT2D eigenvalue weighted by molar-refractivity contribution is 7.72. The predicted octanol–water partition coefficient (Wildman–Crippen LogP) is 9.55. The molecule has 0 radical (unpaired) electrons. The van der Waals surface area contributed by atoms with Gasteiger partial charge in [0.15, 0.2) is 5.78 Å². The van der Waals surface area contributed by atoms with E-state index in [0.29, 0.717) is 0 Å². The summed E-state index contributed by atoms with van der Waals surface area (Å²) in [5.74, 6) is 0.0107. The Morgan fingerprint density at radius 2 is 1.02 bits per heavy atom. The van der Waals surface area contributed by atoms with Crippen LogP contribution in [0.4, 0.5) is 0 Å². The first-order valence-corrected chi connectivity index (χ1v) is 17.1. The molecule has 2 heteroatoms. The van der Waals surface area contributed by atoms with E-state index in [9.17, 15) is 0 Å². The number of ketones is 1. The highest BCUT2D eigenvalue weighted by Crippen LogP contribution is 2.58. The first kappa shape index (κ1) is 28.9. The zero-order valence-electron chi connectivity index (χ0n) is 25.4. The van der Waals surface area contributed by atoms with Gasteiger partial charge >= 0.3 is 0 Å². The standard InChI is InChI=1S/C43H35OP/c1-43(35-24-11-4-12-25-35)41(33-21-9-3-10-22-33)40(39(42(43)44)32-19-7-2-8-20-32)38-30-18-17-23-34(38)31-45(36-26-13-5-14-27-36)37-28-15-6-16-29-37/h2-30,41H,31H2,1H3. The number of allylic oxidation sites excluding steroid dienone is 2. The van der Waals surface area contributed by atoms with E-state index in [4.69, 9.17) is 0 Å². The van der Waals surface area contributed by atoms with E-state index in [0.717, 1.165) is 39.6 Å². The molecule has 0 saturated heterocycles. The van der Waals surface area contributed by atoms with Crippen molar-refractivity contribution in [2.45, 2.75) is 24.4 Å². The maximum atomic E-state index is 15.1. The quantitative estimate of drug-likeness (QED) is 0.160. The van der Waals surface area contributed by atoms with E-state index in [1.807, 2.05) is 24.3 Å². The molecule has 1 nitrogen and oxygen atoms in total. The van der Waals surface area contributed by atoms with Crippen LogP contribution in [0.15, 0.2) is 176 Å². The molecule has 6 aromatic carbocycles. The van der Waals surface area contributed by atoms with Gasteiger partial charge in [0.25, 0.3) is 0 Å². The lowest BCUT2D eigenvalue weighted by Gasteiger charge is -2.34. The highest BCUT2D eigenvalue weighted by atomic mass is 31.1. The van der Waals surface area contributed by atoms with Crippen LogP contribution in [0.1, 0.15) is 40.7 Å². The minimum absolute atomic E-state index is 0.162. The Balaban J connectivity index is 1.48. The number of carbonyl (C=O) groups is 1. The van der Waals surface area contributed by atoms with Gasteiger partial charge in [-0.15, -0.1) is 0 Å². The van der Waals surface area contributed by atoms with E-state index in [1.54, 1.807) is 0 Å². The summed E-state index contributed by atoms with van der Waals surface area (Å²) in [6, 6.07) is 61.9. The Labute approximate surface area is 267 Å². The lowest BCUT2D eigenvalue weighted by molar-refractivity contribution is -0.118. The molecule has 218 valence electrons. The van der Waals surface area contributed by atoms with Gasteiger partial charge < -0.3 is 0 Å². The summed E-state index contributed by atoms with van der Waals surface area (Å²) in [7, 11) is -0.681. The van der Waals surface area contributed by atoms with Crippen LogP contribution in [-0.4, -0.2) is 5.78 Å². The highest BCUT2D eigenvalue weighted by Gasteiger charge is 2.53. The second kappa shape index (κ2) is 12.6. The van der Waals surface area contributed by atoms with E-state index in [2.05, 4.69) is 159 Å². The molecular formula is C43H35OP. The molecule has 0 heterocycles. The van der Waals surface area contributed by atoms with Crippen LogP contribution in [0.2, 0.25) is 0 Å². The van der Waals surface area contributed by atoms with Gasteiger partial charge in [0.05, 0.1) is 5.41 Å². The lowest BCUT2D eigenvalue weighted by Crippen LogP contribution is -2.35. The van der Waals surface area contributed by atoms with Crippen LogP contribution >= 0.6 is 7.92 Å². The Morgan fingerprint density at radius 3 is 1.60 bits per heavy atom. The summed E-state index contributed by atoms with van der Waals surface area (Å²) in [5.41, 5.74) is 6.77. The van der Waals surface area contributed by atoms with Gasteiger partial charge in [-0.3, -0.25) is 4.79 Å². The average Bonchev–Trinajstić information content (AvgIpc) is 3.36. The Morgan fingerprint density at radius 1 is 0.556 bits per heavy atom. The van der Waals surface area contributed by atoms with Crippen molar-refractivity contribution in [3.8, 4) is 0 Å². The van der Waals surface area contributed by atoms with Gasteiger partial charge in [0.2, 0.25) is 0 Å². The normalized spacial score (nSPS) is 18.0. The van der Waals surface area contributed by atoms with Crippen LogP contribution in [0.25, 0.3) is 11.1 Å². The third kappa shape index (κ3) is 5.39. The SMILES string of the molecule is CC1(c2ccccc2)C(=O)C(c2ccccc2)=C(c2ccccc2CP(c2ccccc2)c2ccccc2)C1c1ccccc1. The van der Waals surface area contributed by atoms with Gasteiger partial charge in [0, 0.05) is 17.7 Å². The lowest BCUT2D eigenvalue weighted by atomic mass is 9.67. The molecule has 0 spiro atoms. The average molecular weight is 599 g/mol. The van der Waals surface area contributed by atoms with E-state index >= 15 is 4.79 Å². The zero-order valence-corrected chi connectivity index (χ0v) is 26.3. The Kier molecular flexibility index (Phi) is 8.12. The molecule has 0 fully saturated rings. The van der Waals surface area contributed by atoms with Crippen molar-refractivity contribution in [3.63, 3.8) is 0 Å². The third-order valence-electron chi connectivity index (χ3n) is 9.17. The number of carbonyl (C=O) groups excluding carboxylic acids is 1. The Bertz CT molecular complexity index is 1890. The summed E-state index contributed by atoms with van der Waals surface area (Å²) in [6.45, 7) is 2.15. The van der Waals surface area contributed by atoms with Crippen molar-refractivity contribution in [1.82, 2.24) is 0 Å². The predicted molar refractivity (Wildman–Crippen MR) is 190 cm³/mol. The smallest absolute Gasteiger partial charge is 0.174 e. The molecule has 0 bridgehead atoms. The largest absolute Gasteiger partial charge is 0.293 e. The number of hydrogen-bond acceptors (Lipinski definition) is 1. The van der Waals surface area contributed by atoms with E-state index < -0.39 is 13.3 Å². The van der Waals surface area contributed by atoms with Gasteiger partial charge in [-0.05, 0) is 58.8 Å². The molecule has 0 amide bonds. The molecule has 0 aliphatic heterocycles. The molecule has 1 aliphatic carbocycles. The minimum Gasteiger partial charge on any atom is -0.293 e. The second-order valence-corrected chi connectivity index (χ2v) is 14.0. The van der Waals surface area contributed by atoms with Crippen molar-refractivity contribution in [3.05, 3.63) is 204 Å². The second-order valence-electron chi connectivity index (χ2n) is 11.8. The summed E-state index contributed by atoms with van der Waals surface area (Å²) in [5, 5.41) is 2.70. The van der Waals surface area contributed by atoms with Crippen LogP contribution in [0.5, 0.6) is 0 Å². The van der Waals surface area contributed by atoms with Gasteiger partial charge in [0.1, 0.15) is 0 Å². The molecule has 0 N–H and O–H groups in total. The van der Waals surface area contributed by atoms with Gasteiger partial charge in [-0.1, -0.05) is 176 Å². The van der Waals surface area contributed by atoms with Crippen molar-refractivity contribution in [1.29, 1.82) is 0 Å². The molecule has 0 aromatic heterocycles. The first-order chi connectivity index (χ1) is 22.2. The number of rotatable bonds is 8. The summed E-state index contributed by atoms with van der Waals surface area (Å²) in [6.07, 6.45) is 0.878. The molecule has 6 aromatic rings. The summed E-state index contributed by atoms with van der Waals surface area (Å²) in [4.78, 5) is 15.1. The fourth-order valence-electron chi connectivity index (χ4n) is 6.99. The van der Waals surface area contributed by atoms with Crippen LogP contribution in [0, 0.1) is 0 Å². The topological polar surface area (TPSA) is 17.1 Å². The van der Waals surface area contributed by atoms with E-state index in [-0.39, 0.29) is 11.7 Å². The molecule has 0 saturated carbocycles. The molecule has 45 heavy (non-hydrogen) atoms. The third-order valence-corrected chi connectivity index (χ3v) is 11.7. The molecule has 2 atom stereocenters. The van der Waals surface area contributed by atoms with Crippen LogP contribution < -0.4 is 10.6 Å². The van der Waals surface area contributed by atoms with E-state index in [1.165, 1.54) is 16.2 Å². The van der Waals surface area contributed by atoms with Crippen molar-refractivity contribution < 1.29 is 4.79 Å². The zero-order chi connectivity index (χ0) is 30.6. The van der Waals surface area contributed by atoms with Crippen molar-refractivity contribution in [2.75, 3.05) is 0 Å². The van der Waals surface area contributed by atoms with Crippen molar-refractivity contribution in [2.24, 2.45) is 0 Å². The van der Waals surface area contributed by atoms with Gasteiger partial charge in [-0.2, -0.15) is 0 Å². The number of hydrogen-bond donors (Lipinski definition) is 0. The molecule has 2 unspecified atom stereocenters. The molecular weight excluding hydrogens is 563 g/mol.